The second-order valence-electron chi connectivity index (χ2n) is 6.33. The summed E-state index contributed by atoms with van der Waals surface area (Å²) in [7, 11) is 1.69. The quantitative estimate of drug-likeness (QED) is 0.801. The van der Waals surface area contributed by atoms with Crippen LogP contribution in [0.25, 0.3) is 0 Å². The molecule has 4 nitrogen and oxygen atoms in total. The zero-order valence-corrected chi connectivity index (χ0v) is 15.0. The van der Waals surface area contributed by atoms with Crippen LogP contribution in [0.4, 0.5) is 0 Å². The van der Waals surface area contributed by atoms with Gasteiger partial charge in [0, 0.05) is 12.0 Å². The van der Waals surface area contributed by atoms with Crippen molar-refractivity contribution in [2.75, 3.05) is 13.7 Å². The van der Waals surface area contributed by atoms with Crippen molar-refractivity contribution in [3.63, 3.8) is 0 Å². The number of benzene rings is 1. The fourth-order valence-corrected chi connectivity index (χ4v) is 3.40. The fraction of sp³-hybridized carbons (Fsp3) is 0.611. The third-order valence-corrected chi connectivity index (χ3v) is 4.78. The average molecular weight is 341 g/mol. The van der Waals surface area contributed by atoms with E-state index < -0.39 is 6.04 Å². The first-order valence-electron chi connectivity index (χ1n) is 8.29. The predicted molar refractivity (Wildman–Crippen MR) is 96.3 cm³/mol. The number of carbonyl (C=O) groups is 1. The van der Waals surface area contributed by atoms with Crippen molar-refractivity contribution in [1.29, 1.82) is 0 Å². The lowest BCUT2D eigenvalue weighted by Gasteiger charge is -2.31. The van der Waals surface area contributed by atoms with Crippen LogP contribution in [0.5, 0.6) is 5.75 Å². The van der Waals surface area contributed by atoms with Gasteiger partial charge in [0.25, 0.3) is 0 Å². The molecular weight excluding hydrogens is 312 g/mol. The van der Waals surface area contributed by atoms with Crippen LogP contribution in [0.1, 0.15) is 51.0 Å². The van der Waals surface area contributed by atoms with E-state index in [0.29, 0.717) is 6.54 Å². The molecule has 5 heteroatoms. The smallest absolute Gasteiger partial charge is 0.236 e. The number of amides is 1. The third-order valence-electron chi connectivity index (χ3n) is 4.78. The Bertz CT molecular complexity index is 502. The van der Waals surface area contributed by atoms with Crippen LogP contribution in [-0.2, 0) is 10.2 Å². The lowest BCUT2D eigenvalue weighted by atomic mass is 9.78. The van der Waals surface area contributed by atoms with Gasteiger partial charge >= 0.3 is 0 Å². The second-order valence-corrected chi connectivity index (χ2v) is 6.33. The number of hydrogen-bond donors (Lipinski definition) is 2. The molecule has 1 aliphatic rings. The first-order chi connectivity index (χ1) is 10.6. The van der Waals surface area contributed by atoms with E-state index in [9.17, 15) is 4.79 Å². The minimum Gasteiger partial charge on any atom is -0.497 e. The normalized spacial score (nSPS) is 17.2. The van der Waals surface area contributed by atoms with Gasteiger partial charge in [0.15, 0.2) is 0 Å². The van der Waals surface area contributed by atoms with Crippen LogP contribution in [0, 0.1) is 0 Å². The van der Waals surface area contributed by atoms with Crippen LogP contribution in [0.3, 0.4) is 0 Å². The lowest BCUT2D eigenvalue weighted by molar-refractivity contribution is -0.122. The highest BCUT2D eigenvalue weighted by Gasteiger charge is 2.36. The largest absolute Gasteiger partial charge is 0.497 e. The molecule has 1 aliphatic carbocycles. The molecule has 0 spiro atoms. The van der Waals surface area contributed by atoms with Gasteiger partial charge in [-0.1, -0.05) is 38.3 Å². The minimum absolute atomic E-state index is 0. The molecule has 0 heterocycles. The number of halogens is 1. The standard InChI is InChI=1S/C18H28N2O2.ClH/c1-3-7-16(19)17(21)20-13-18(10-4-5-11-18)14-8-6-9-15(12-14)22-2;/h6,8-9,12,16H,3-5,7,10-11,13,19H2,1-2H3,(H,20,21);1H. The van der Waals surface area contributed by atoms with Gasteiger partial charge in [0.1, 0.15) is 5.75 Å². The highest BCUT2D eigenvalue weighted by atomic mass is 35.5. The summed E-state index contributed by atoms with van der Waals surface area (Å²) in [6.45, 7) is 2.71. The number of carbonyl (C=O) groups excluding carboxylic acids is 1. The summed E-state index contributed by atoms with van der Waals surface area (Å²) >= 11 is 0. The highest BCUT2D eigenvalue weighted by Crippen LogP contribution is 2.41. The highest BCUT2D eigenvalue weighted by molar-refractivity contribution is 5.85. The number of nitrogens with one attached hydrogen (secondary N) is 1. The molecular formula is C18H29ClN2O2. The van der Waals surface area contributed by atoms with Crippen LogP contribution in [0.15, 0.2) is 24.3 Å². The molecule has 23 heavy (non-hydrogen) atoms. The van der Waals surface area contributed by atoms with E-state index in [0.717, 1.165) is 31.4 Å². The maximum atomic E-state index is 12.1. The Morgan fingerprint density at radius 3 is 2.70 bits per heavy atom. The van der Waals surface area contributed by atoms with E-state index in [1.54, 1.807) is 7.11 Å². The summed E-state index contributed by atoms with van der Waals surface area (Å²) in [5.74, 6) is 0.841. The van der Waals surface area contributed by atoms with Gasteiger partial charge in [-0.05, 0) is 37.0 Å². The van der Waals surface area contributed by atoms with Gasteiger partial charge in [0.05, 0.1) is 13.2 Å². The molecule has 1 amide bonds. The first kappa shape index (κ1) is 19.8. The van der Waals surface area contributed by atoms with Gasteiger partial charge in [-0.3, -0.25) is 4.79 Å². The SMILES string of the molecule is CCCC(N)C(=O)NCC1(c2cccc(OC)c2)CCCC1.Cl. The van der Waals surface area contributed by atoms with E-state index in [4.69, 9.17) is 10.5 Å². The number of ether oxygens (including phenoxy) is 1. The molecule has 0 saturated heterocycles. The van der Waals surface area contributed by atoms with E-state index in [1.807, 2.05) is 19.1 Å². The predicted octanol–water partition coefficient (Wildman–Crippen LogP) is 3.17. The fourth-order valence-electron chi connectivity index (χ4n) is 3.40. The van der Waals surface area contributed by atoms with Gasteiger partial charge < -0.3 is 15.8 Å². The van der Waals surface area contributed by atoms with Crippen LogP contribution in [0.2, 0.25) is 0 Å². The Morgan fingerprint density at radius 2 is 2.09 bits per heavy atom. The van der Waals surface area contributed by atoms with Crippen LogP contribution >= 0.6 is 12.4 Å². The molecule has 1 atom stereocenters. The number of nitrogens with two attached hydrogens (primary N) is 1. The van der Waals surface area contributed by atoms with Crippen molar-refractivity contribution in [2.24, 2.45) is 5.73 Å². The number of hydrogen-bond acceptors (Lipinski definition) is 3. The van der Waals surface area contributed by atoms with Crippen LogP contribution in [-0.4, -0.2) is 25.6 Å². The molecule has 1 unspecified atom stereocenters. The molecule has 1 fully saturated rings. The van der Waals surface area contributed by atoms with Gasteiger partial charge in [-0.15, -0.1) is 12.4 Å². The lowest BCUT2D eigenvalue weighted by Crippen LogP contribution is -2.46. The van der Waals surface area contributed by atoms with E-state index >= 15 is 0 Å². The zero-order chi connectivity index (χ0) is 16.0. The summed E-state index contributed by atoms with van der Waals surface area (Å²) in [5.41, 5.74) is 7.19. The molecule has 2 rings (SSSR count). The van der Waals surface area contributed by atoms with Crippen molar-refractivity contribution in [1.82, 2.24) is 5.32 Å². The second kappa shape index (κ2) is 9.14. The van der Waals surface area contributed by atoms with Gasteiger partial charge in [-0.25, -0.2) is 0 Å². The number of rotatable bonds is 7. The zero-order valence-electron chi connectivity index (χ0n) is 14.1. The monoisotopic (exact) mass is 340 g/mol. The Hall–Kier alpha value is -1.26. The van der Waals surface area contributed by atoms with Gasteiger partial charge in [-0.2, -0.15) is 0 Å². The van der Waals surface area contributed by atoms with Crippen molar-refractivity contribution >= 4 is 18.3 Å². The Balaban J connectivity index is 0.00000264. The summed E-state index contributed by atoms with van der Waals surface area (Å²) in [5, 5.41) is 3.08. The van der Waals surface area contributed by atoms with E-state index in [1.165, 1.54) is 18.4 Å². The Labute approximate surface area is 145 Å². The Kier molecular flexibility index (Phi) is 7.86. The maximum absolute atomic E-state index is 12.1. The topological polar surface area (TPSA) is 64.4 Å². The van der Waals surface area contributed by atoms with E-state index in [2.05, 4.69) is 17.4 Å². The van der Waals surface area contributed by atoms with Crippen molar-refractivity contribution in [3.8, 4) is 5.75 Å². The van der Waals surface area contributed by atoms with E-state index in [-0.39, 0.29) is 23.7 Å². The summed E-state index contributed by atoms with van der Waals surface area (Å²) in [6, 6.07) is 7.84. The van der Waals surface area contributed by atoms with Crippen LogP contribution < -0.4 is 15.8 Å². The Morgan fingerprint density at radius 1 is 1.39 bits per heavy atom. The average Bonchev–Trinajstić information content (AvgIpc) is 3.03. The van der Waals surface area contributed by atoms with Crippen molar-refractivity contribution in [3.05, 3.63) is 29.8 Å². The molecule has 1 aromatic carbocycles. The van der Waals surface area contributed by atoms with Gasteiger partial charge in [0.2, 0.25) is 5.91 Å². The molecule has 0 bridgehead atoms. The summed E-state index contributed by atoms with van der Waals surface area (Å²) in [4.78, 5) is 12.1. The number of methoxy groups -OCH3 is 1. The summed E-state index contributed by atoms with van der Waals surface area (Å²) < 4.78 is 5.35. The minimum atomic E-state index is -0.395. The summed E-state index contributed by atoms with van der Waals surface area (Å²) in [6.07, 6.45) is 6.27. The molecule has 0 aliphatic heterocycles. The first-order valence-corrected chi connectivity index (χ1v) is 8.29. The molecule has 130 valence electrons. The molecule has 0 radical (unpaired) electrons. The molecule has 1 aromatic rings. The molecule has 0 aromatic heterocycles. The van der Waals surface area contributed by atoms with Crippen molar-refractivity contribution in [2.45, 2.75) is 56.9 Å². The maximum Gasteiger partial charge on any atom is 0.236 e. The molecule has 3 N–H and O–H groups in total. The molecule has 1 saturated carbocycles. The van der Waals surface area contributed by atoms with Crippen molar-refractivity contribution < 1.29 is 9.53 Å². The third kappa shape index (κ3) is 4.85.